The summed E-state index contributed by atoms with van der Waals surface area (Å²) in [6, 6.07) is 13.1. The van der Waals surface area contributed by atoms with Crippen LogP contribution in [-0.4, -0.2) is 44.2 Å². The molecule has 0 aliphatic heterocycles. The Balaban J connectivity index is 1.90. The van der Waals surface area contributed by atoms with Crippen LogP contribution in [0.1, 0.15) is 21.6 Å². The molecule has 0 saturated heterocycles. The average Bonchev–Trinajstić information content (AvgIpc) is 2.71. The Kier molecular flexibility index (Phi) is 5.68. The number of amides is 1. The minimum atomic E-state index is -0.104. The second-order valence-corrected chi connectivity index (χ2v) is 6.49. The van der Waals surface area contributed by atoms with Gasteiger partial charge in [-0.1, -0.05) is 12.1 Å². The van der Waals surface area contributed by atoms with Crippen LogP contribution >= 0.6 is 0 Å². The molecule has 6 heteroatoms. The van der Waals surface area contributed by atoms with E-state index in [1.54, 1.807) is 33.3 Å². The van der Waals surface area contributed by atoms with E-state index in [0.717, 1.165) is 22.2 Å². The summed E-state index contributed by atoms with van der Waals surface area (Å²) in [5.41, 5.74) is 2.91. The predicted molar refractivity (Wildman–Crippen MR) is 108 cm³/mol. The van der Waals surface area contributed by atoms with Gasteiger partial charge in [0, 0.05) is 30.6 Å². The van der Waals surface area contributed by atoms with Gasteiger partial charge in [0.15, 0.2) is 11.5 Å². The van der Waals surface area contributed by atoms with Crippen molar-refractivity contribution >= 4 is 16.8 Å². The lowest BCUT2D eigenvalue weighted by atomic mass is 10.1. The van der Waals surface area contributed by atoms with Crippen molar-refractivity contribution in [1.82, 2.24) is 9.88 Å². The van der Waals surface area contributed by atoms with Gasteiger partial charge in [-0.2, -0.15) is 0 Å². The van der Waals surface area contributed by atoms with Gasteiger partial charge in [-0.25, -0.2) is 0 Å². The molecule has 0 aliphatic rings. The molecule has 0 bridgehead atoms. The topological polar surface area (TPSA) is 60.9 Å². The Morgan fingerprint density at radius 2 is 1.82 bits per heavy atom. The van der Waals surface area contributed by atoms with Crippen molar-refractivity contribution in [3.05, 3.63) is 59.3 Å². The first-order chi connectivity index (χ1) is 13.5. The number of rotatable bonds is 6. The SMILES string of the molecule is COc1ccc2cc(C(=O)N(C)Cc3cccc(OC)c3OC)c(C)nc2c1. The molecule has 2 aromatic carbocycles. The minimum Gasteiger partial charge on any atom is -0.497 e. The molecule has 1 heterocycles. The molecule has 0 N–H and O–H groups in total. The van der Waals surface area contributed by atoms with E-state index in [-0.39, 0.29) is 5.91 Å². The molecule has 0 spiro atoms. The van der Waals surface area contributed by atoms with E-state index in [0.29, 0.717) is 29.3 Å². The van der Waals surface area contributed by atoms with E-state index in [1.165, 1.54) is 0 Å². The number of fused-ring (bicyclic) bond motifs is 1. The van der Waals surface area contributed by atoms with E-state index in [2.05, 4.69) is 4.98 Å². The van der Waals surface area contributed by atoms with Crippen LogP contribution in [0.2, 0.25) is 0 Å². The first-order valence-electron chi connectivity index (χ1n) is 8.89. The molecule has 1 amide bonds. The van der Waals surface area contributed by atoms with Crippen LogP contribution in [0.4, 0.5) is 0 Å². The van der Waals surface area contributed by atoms with Crippen LogP contribution in [0.3, 0.4) is 0 Å². The van der Waals surface area contributed by atoms with Crippen LogP contribution in [0.25, 0.3) is 10.9 Å². The van der Waals surface area contributed by atoms with Gasteiger partial charge in [0.1, 0.15) is 5.75 Å². The molecule has 3 aromatic rings. The highest BCUT2D eigenvalue weighted by molar-refractivity contribution is 5.98. The summed E-state index contributed by atoms with van der Waals surface area (Å²) >= 11 is 0. The van der Waals surface area contributed by atoms with Crippen molar-refractivity contribution in [3.8, 4) is 17.2 Å². The van der Waals surface area contributed by atoms with E-state index in [9.17, 15) is 4.79 Å². The Morgan fingerprint density at radius 1 is 1.04 bits per heavy atom. The molecule has 0 aliphatic carbocycles. The fourth-order valence-corrected chi connectivity index (χ4v) is 3.20. The third-order valence-electron chi connectivity index (χ3n) is 4.68. The summed E-state index contributed by atoms with van der Waals surface area (Å²) in [6.45, 7) is 2.23. The normalized spacial score (nSPS) is 10.6. The zero-order valence-electron chi connectivity index (χ0n) is 16.8. The molecule has 28 heavy (non-hydrogen) atoms. The molecule has 0 fully saturated rings. The molecule has 1 aromatic heterocycles. The number of carbonyl (C=O) groups excluding carboxylic acids is 1. The highest BCUT2D eigenvalue weighted by Gasteiger charge is 2.19. The number of ether oxygens (including phenoxy) is 3. The monoisotopic (exact) mass is 380 g/mol. The maximum absolute atomic E-state index is 13.1. The maximum Gasteiger partial charge on any atom is 0.255 e. The fraction of sp³-hybridized carbons (Fsp3) is 0.273. The van der Waals surface area contributed by atoms with E-state index >= 15 is 0 Å². The zero-order chi connectivity index (χ0) is 20.3. The van der Waals surface area contributed by atoms with Crippen molar-refractivity contribution in [2.45, 2.75) is 13.5 Å². The second kappa shape index (κ2) is 8.17. The summed E-state index contributed by atoms with van der Waals surface area (Å²) in [4.78, 5) is 19.3. The lowest BCUT2D eigenvalue weighted by Crippen LogP contribution is -2.27. The van der Waals surface area contributed by atoms with Crippen LogP contribution in [0.5, 0.6) is 17.2 Å². The smallest absolute Gasteiger partial charge is 0.255 e. The molecular formula is C22H24N2O4. The second-order valence-electron chi connectivity index (χ2n) is 6.49. The van der Waals surface area contributed by atoms with Gasteiger partial charge in [-0.05, 0) is 31.2 Å². The number of aromatic nitrogens is 1. The van der Waals surface area contributed by atoms with E-state index < -0.39 is 0 Å². The molecular weight excluding hydrogens is 356 g/mol. The number of carbonyl (C=O) groups is 1. The summed E-state index contributed by atoms with van der Waals surface area (Å²) in [7, 11) is 6.57. The lowest BCUT2D eigenvalue weighted by Gasteiger charge is -2.21. The number of methoxy groups -OCH3 is 3. The first kappa shape index (κ1) is 19.5. The van der Waals surface area contributed by atoms with Gasteiger partial charge in [-0.3, -0.25) is 9.78 Å². The van der Waals surface area contributed by atoms with Gasteiger partial charge < -0.3 is 19.1 Å². The van der Waals surface area contributed by atoms with Crippen molar-refractivity contribution < 1.29 is 19.0 Å². The third-order valence-corrected chi connectivity index (χ3v) is 4.68. The highest BCUT2D eigenvalue weighted by atomic mass is 16.5. The molecule has 0 atom stereocenters. The molecule has 0 saturated carbocycles. The lowest BCUT2D eigenvalue weighted by molar-refractivity contribution is 0.0783. The number of hydrogen-bond donors (Lipinski definition) is 0. The molecule has 0 unspecified atom stereocenters. The number of benzene rings is 2. The van der Waals surface area contributed by atoms with Crippen LogP contribution in [0.15, 0.2) is 42.5 Å². The number of aryl methyl sites for hydroxylation is 1. The molecule has 146 valence electrons. The quantitative estimate of drug-likeness (QED) is 0.650. The molecule has 6 nitrogen and oxygen atoms in total. The molecule has 3 rings (SSSR count). The van der Waals surface area contributed by atoms with Gasteiger partial charge in [0.2, 0.25) is 0 Å². The van der Waals surface area contributed by atoms with Gasteiger partial charge in [-0.15, -0.1) is 0 Å². The van der Waals surface area contributed by atoms with Crippen LogP contribution in [-0.2, 0) is 6.54 Å². The number of hydrogen-bond acceptors (Lipinski definition) is 5. The number of nitrogens with zero attached hydrogens (tertiary/aromatic N) is 2. The summed E-state index contributed by atoms with van der Waals surface area (Å²) in [6.07, 6.45) is 0. The van der Waals surface area contributed by atoms with Crippen molar-refractivity contribution in [2.75, 3.05) is 28.4 Å². The zero-order valence-corrected chi connectivity index (χ0v) is 16.8. The van der Waals surface area contributed by atoms with Crippen LogP contribution in [0, 0.1) is 6.92 Å². The average molecular weight is 380 g/mol. The predicted octanol–water partition coefficient (Wildman–Crippen LogP) is 3.84. The summed E-state index contributed by atoms with van der Waals surface area (Å²) in [5, 5.41) is 0.891. The summed E-state index contributed by atoms with van der Waals surface area (Å²) < 4.78 is 16.1. The van der Waals surface area contributed by atoms with E-state index in [4.69, 9.17) is 14.2 Å². The first-order valence-corrected chi connectivity index (χ1v) is 8.89. The number of pyridine rings is 1. The summed E-state index contributed by atoms with van der Waals surface area (Å²) in [5.74, 6) is 1.90. The van der Waals surface area contributed by atoms with Gasteiger partial charge in [0.05, 0.1) is 38.1 Å². The van der Waals surface area contributed by atoms with Crippen LogP contribution < -0.4 is 14.2 Å². The van der Waals surface area contributed by atoms with Gasteiger partial charge in [0.25, 0.3) is 5.91 Å². The highest BCUT2D eigenvalue weighted by Crippen LogP contribution is 2.31. The Labute approximate surface area is 164 Å². The third kappa shape index (κ3) is 3.71. The largest absolute Gasteiger partial charge is 0.497 e. The van der Waals surface area contributed by atoms with E-state index in [1.807, 2.05) is 49.4 Å². The van der Waals surface area contributed by atoms with Crippen molar-refractivity contribution in [2.24, 2.45) is 0 Å². The van der Waals surface area contributed by atoms with Crippen molar-refractivity contribution in [3.63, 3.8) is 0 Å². The standard InChI is InChI=1S/C22H24N2O4/c1-14-18(11-15-9-10-17(26-3)12-19(15)23-14)22(25)24(2)13-16-7-6-8-20(27-4)21(16)28-5/h6-12H,13H2,1-5H3. The Morgan fingerprint density at radius 3 is 2.50 bits per heavy atom. The Hall–Kier alpha value is -3.28. The number of para-hydroxylation sites is 1. The maximum atomic E-state index is 13.1. The molecule has 0 radical (unpaired) electrons. The fourth-order valence-electron chi connectivity index (χ4n) is 3.20. The minimum absolute atomic E-state index is 0.104. The van der Waals surface area contributed by atoms with Gasteiger partial charge >= 0.3 is 0 Å². The Bertz CT molecular complexity index is 1020. The van der Waals surface area contributed by atoms with Crippen molar-refractivity contribution in [1.29, 1.82) is 0 Å².